The molecular weight excluding hydrogens is 574 g/mol. The molecule has 7 nitrogen and oxygen atoms in total. The zero-order valence-corrected chi connectivity index (χ0v) is 21.6. The first-order chi connectivity index (χ1) is 15.1. The van der Waals surface area contributed by atoms with Crippen molar-refractivity contribution in [2.24, 2.45) is 4.99 Å². The molecule has 0 saturated carbocycles. The van der Waals surface area contributed by atoms with Crippen LogP contribution >= 0.6 is 22.6 Å². The van der Waals surface area contributed by atoms with E-state index in [4.69, 9.17) is 4.74 Å². The van der Waals surface area contributed by atoms with Crippen LogP contribution in [-0.2, 0) is 27.2 Å². The summed E-state index contributed by atoms with van der Waals surface area (Å²) < 4.78 is 69.1. The molecule has 0 spiro atoms. The summed E-state index contributed by atoms with van der Waals surface area (Å²) in [4.78, 5) is 20.4. The molecule has 12 heteroatoms. The molecule has 1 unspecified atom stereocenters. The van der Waals surface area contributed by atoms with E-state index in [-0.39, 0.29) is 19.5 Å². The Hall–Kier alpha value is -1.83. The summed E-state index contributed by atoms with van der Waals surface area (Å²) in [6.07, 6.45) is -3.25. The quantitative estimate of drug-likeness (QED) is 0.474. The number of amides is 1. The van der Waals surface area contributed by atoms with E-state index in [1.165, 1.54) is 17.0 Å². The minimum atomic E-state index is -4.42. The second-order valence-electron chi connectivity index (χ2n) is 8.89. The molecule has 0 saturated heterocycles. The third kappa shape index (κ3) is 6.00. The molecule has 0 N–H and O–H groups in total. The summed E-state index contributed by atoms with van der Waals surface area (Å²) in [7, 11) is -3.52. The van der Waals surface area contributed by atoms with Crippen LogP contribution in [0.2, 0.25) is 0 Å². The van der Waals surface area contributed by atoms with Crippen LogP contribution < -0.4 is 0 Å². The van der Waals surface area contributed by atoms with Crippen LogP contribution in [-0.4, -0.2) is 58.5 Å². The number of carbonyl (C=O) groups excluding carboxylic acids is 1. The minimum Gasteiger partial charge on any atom is -0.443 e. The van der Waals surface area contributed by atoms with E-state index in [1.807, 2.05) is 22.6 Å². The number of rotatable bonds is 4. The van der Waals surface area contributed by atoms with Gasteiger partial charge in [0.2, 0.25) is 5.50 Å². The first kappa shape index (κ1) is 25.8. The van der Waals surface area contributed by atoms with E-state index in [1.54, 1.807) is 25.7 Å². The number of hydrogen-bond donors (Lipinski definition) is 0. The first-order valence-corrected chi connectivity index (χ1v) is 13.2. The molecule has 0 bridgehead atoms. The van der Waals surface area contributed by atoms with Gasteiger partial charge in [0.1, 0.15) is 9.32 Å². The fraction of sp³-hybridized carbons (Fsp3) is 0.524. The predicted octanol–water partition coefficient (Wildman–Crippen LogP) is 4.58. The maximum absolute atomic E-state index is 12.9. The fourth-order valence-corrected chi connectivity index (χ4v) is 5.70. The number of fused-ring (bicyclic) bond motifs is 1. The van der Waals surface area contributed by atoms with Crippen molar-refractivity contribution in [1.29, 1.82) is 0 Å². The summed E-state index contributed by atoms with van der Waals surface area (Å²) >= 11 is 1.95. The SMILES string of the molecule is CC(C)(C)OC(=O)N1CCN2C(=C1CCc1ccc(C(F)(F)F)cc1)C(I)=NC2S(C)(=O)=O. The smallest absolute Gasteiger partial charge is 0.416 e. The molecule has 182 valence electrons. The van der Waals surface area contributed by atoms with E-state index in [0.717, 1.165) is 18.4 Å². The third-order valence-electron chi connectivity index (χ3n) is 5.07. The summed E-state index contributed by atoms with van der Waals surface area (Å²) in [6.45, 7) is 5.70. The highest BCUT2D eigenvalue weighted by Gasteiger charge is 2.43. The Labute approximate surface area is 204 Å². The van der Waals surface area contributed by atoms with E-state index in [0.29, 0.717) is 27.1 Å². The lowest BCUT2D eigenvalue weighted by Crippen LogP contribution is -2.49. The van der Waals surface area contributed by atoms with Gasteiger partial charge in [-0.25, -0.2) is 18.2 Å². The zero-order chi connectivity index (χ0) is 24.8. The number of allylic oxidation sites excluding steroid dienone is 2. The highest BCUT2D eigenvalue weighted by atomic mass is 127. The van der Waals surface area contributed by atoms with Gasteiger partial charge in [0.25, 0.3) is 0 Å². The van der Waals surface area contributed by atoms with E-state index >= 15 is 0 Å². The number of alkyl halides is 3. The lowest BCUT2D eigenvalue weighted by atomic mass is 10.0. The van der Waals surface area contributed by atoms with Crippen molar-refractivity contribution in [3.63, 3.8) is 0 Å². The molecular formula is C21H25F3IN3O4S. The molecule has 1 aromatic rings. The fourth-order valence-electron chi connectivity index (χ4n) is 3.66. The molecule has 1 atom stereocenters. The molecule has 0 aliphatic carbocycles. The van der Waals surface area contributed by atoms with Crippen LogP contribution in [0.1, 0.15) is 38.3 Å². The number of carbonyl (C=O) groups is 1. The van der Waals surface area contributed by atoms with Gasteiger partial charge >= 0.3 is 12.3 Å². The van der Waals surface area contributed by atoms with Crippen LogP contribution in [0.25, 0.3) is 0 Å². The third-order valence-corrected chi connectivity index (χ3v) is 6.98. The average molecular weight is 599 g/mol. The van der Waals surface area contributed by atoms with Gasteiger partial charge in [0.05, 0.1) is 17.0 Å². The lowest BCUT2D eigenvalue weighted by Gasteiger charge is -2.38. The highest BCUT2D eigenvalue weighted by Crippen LogP contribution is 2.36. The van der Waals surface area contributed by atoms with Gasteiger partial charge in [-0.2, -0.15) is 13.2 Å². The number of sulfone groups is 1. The van der Waals surface area contributed by atoms with Gasteiger partial charge in [-0.15, -0.1) is 0 Å². The van der Waals surface area contributed by atoms with Gasteiger partial charge in [-0.3, -0.25) is 4.90 Å². The van der Waals surface area contributed by atoms with Crippen molar-refractivity contribution >= 4 is 42.2 Å². The number of aryl methyl sites for hydroxylation is 1. The Kier molecular flexibility index (Phi) is 7.10. The Balaban J connectivity index is 1.95. The number of hydrogen-bond acceptors (Lipinski definition) is 6. The zero-order valence-electron chi connectivity index (χ0n) is 18.6. The van der Waals surface area contributed by atoms with Gasteiger partial charge in [0.15, 0.2) is 9.84 Å². The topological polar surface area (TPSA) is 79.3 Å². The maximum atomic E-state index is 12.9. The molecule has 2 heterocycles. The Morgan fingerprint density at radius 3 is 2.27 bits per heavy atom. The number of nitrogens with zero attached hydrogens (tertiary/aromatic N) is 3. The van der Waals surface area contributed by atoms with Gasteiger partial charge in [-0.1, -0.05) is 12.1 Å². The molecule has 1 aromatic carbocycles. The maximum Gasteiger partial charge on any atom is 0.416 e. The number of aliphatic imine (C=N–C) groups is 1. The van der Waals surface area contributed by atoms with Gasteiger partial charge in [-0.05, 0) is 73.9 Å². The van der Waals surface area contributed by atoms with Crippen LogP contribution in [0.15, 0.2) is 40.7 Å². The first-order valence-electron chi connectivity index (χ1n) is 10.2. The Morgan fingerprint density at radius 1 is 1.15 bits per heavy atom. The molecule has 2 aliphatic heterocycles. The van der Waals surface area contributed by atoms with Crippen molar-refractivity contribution in [3.05, 3.63) is 46.8 Å². The molecule has 1 amide bonds. The van der Waals surface area contributed by atoms with Crippen molar-refractivity contribution in [1.82, 2.24) is 9.80 Å². The molecule has 33 heavy (non-hydrogen) atoms. The summed E-state index contributed by atoms with van der Waals surface area (Å²) in [5.74, 6) is 0. The number of ether oxygens (including phenoxy) is 1. The summed E-state index contributed by atoms with van der Waals surface area (Å²) in [6, 6.07) is 4.85. The second kappa shape index (κ2) is 9.08. The molecule has 0 aromatic heterocycles. The van der Waals surface area contributed by atoms with E-state index in [2.05, 4.69) is 4.99 Å². The average Bonchev–Trinajstić information content (AvgIpc) is 3.02. The van der Waals surface area contributed by atoms with Gasteiger partial charge < -0.3 is 9.64 Å². The van der Waals surface area contributed by atoms with Gasteiger partial charge in [0, 0.05) is 19.3 Å². The second-order valence-corrected chi connectivity index (χ2v) is 12.0. The Morgan fingerprint density at radius 2 is 1.76 bits per heavy atom. The predicted molar refractivity (Wildman–Crippen MR) is 127 cm³/mol. The number of halogens is 4. The van der Waals surface area contributed by atoms with Crippen LogP contribution in [0.4, 0.5) is 18.0 Å². The monoisotopic (exact) mass is 599 g/mol. The summed E-state index contributed by atoms with van der Waals surface area (Å²) in [5.41, 5.74) is -0.808. The van der Waals surface area contributed by atoms with Crippen molar-refractivity contribution in [2.45, 2.75) is 50.9 Å². The molecule has 2 aliphatic rings. The van der Waals surface area contributed by atoms with Crippen LogP contribution in [0.3, 0.4) is 0 Å². The van der Waals surface area contributed by atoms with Crippen LogP contribution in [0.5, 0.6) is 0 Å². The van der Waals surface area contributed by atoms with E-state index in [9.17, 15) is 26.4 Å². The minimum absolute atomic E-state index is 0.201. The molecule has 0 radical (unpaired) electrons. The Bertz CT molecular complexity index is 1090. The van der Waals surface area contributed by atoms with Crippen molar-refractivity contribution < 1.29 is 31.1 Å². The molecule has 0 fully saturated rings. The number of benzene rings is 1. The van der Waals surface area contributed by atoms with Crippen molar-refractivity contribution in [2.75, 3.05) is 19.3 Å². The highest BCUT2D eigenvalue weighted by molar-refractivity contribution is 14.1. The molecule has 3 rings (SSSR count). The standard InChI is InChI=1S/C21H25F3IN3O4S/c1-20(2,3)32-19(29)27-11-12-28-16(17(25)26-18(28)33(4,30)31)15(27)10-7-13-5-8-14(9-6-13)21(22,23)24/h5-6,8-9,18H,7,10-12H2,1-4H3. The normalized spacial score (nSPS) is 19.5. The largest absolute Gasteiger partial charge is 0.443 e. The lowest BCUT2D eigenvalue weighted by molar-refractivity contribution is -0.137. The van der Waals surface area contributed by atoms with E-state index < -0.39 is 38.8 Å². The van der Waals surface area contributed by atoms with Crippen molar-refractivity contribution in [3.8, 4) is 0 Å². The van der Waals surface area contributed by atoms with Crippen LogP contribution in [0, 0.1) is 0 Å². The summed E-state index contributed by atoms with van der Waals surface area (Å²) in [5, 5.41) is 0.